The second kappa shape index (κ2) is 4.36. The zero-order valence-electron chi connectivity index (χ0n) is 10.9. The number of hydrogen-bond donors (Lipinski definition) is 1. The highest BCUT2D eigenvalue weighted by Gasteiger charge is 2.49. The van der Waals surface area contributed by atoms with Crippen LogP contribution >= 0.6 is 0 Å². The normalized spacial score (nSPS) is 16.7. The van der Waals surface area contributed by atoms with Gasteiger partial charge in [-0.2, -0.15) is 0 Å². The molecule has 0 amide bonds. The summed E-state index contributed by atoms with van der Waals surface area (Å²) in [6.45, 7) is 1.64. The highest BCUT2D eigenvalue weighted by atomic mass is 19.1. The fourth-order valence-electron chi connectivity index (χ4n) is 2.49. The predicted molar refractivity (Wildman–Crippen MR) is 67.4 cm³/mol. The van der Waals surface area contributed by atoms with Gasteiger partial charge in [-0.3, -0.25) is 0 Å². The molecule has 0 saturated heterocycles. The van der Waals surface area contributed by atoms with Gasteiger partial charge in [0.15, 0.2) is 11.4 Å². The third-order valence-corrected chi connectivity index (χ3v) is 3.89. The quantitative estimate of drug-likeness (QED) is 0.923. The number of carboxylic acids is 1. The number of hydrogen-bond acceptors (Lipinski definition) is 4. The smallest absolute Gasteiger partial charge is 0.331 e. The first-order valence-corrected chi connectivity index (χ1v) is 6.34. The SMILES string of the molecule is Cc1cccc(-c2nnnn2C2(C(=O)O)CCC2)c1F. The van der Waals surface area contributed by atoms with E-state index in [0.717, 1.165) is 6.42 Å². The molecule has 1 heterocycles. The van der Waals surface area contributed by atoms with Crippen LogP contribution in [0, 0.1) is 12.7 Å². The summed E-state index contributed by atoms with van der Waals surface area (Å²) in [6, 6.07) is 4.89. The minimum absolute atomic E-state index is 0.160. The number of nitrogens with zero attached hydrogens (tertiary/aromatic N) is 4. The van der Waals surface area contributed by atoms with Gasteiger partial charge in [-0.05, 0) is 48.2 Å². The fraction of sp³-hybridized carbons (Fsp3) is 0.385. The van der Waals surface area contributed by atoms with E-state index in [1.807, 2.05) is 0 Å². The predicted octanol–water partition coefficient (Wildman–Crippen LogP) is 1.75. The van der Waals surface area contributed by atoms with Crippen LogP contribution in [0.1, 0.15) is 24.8 Å². The van der Waals surface area contributed by atoms with E-state index in [0.29, 0.717) is 18.4 Å². The van der Waals surface area contributed by atoms with Crippen LogP contribution in [0.4, 0.5) is 4.39 Å². The van der Waals surface area contributed by atoms with E-state index in [2.05, 4.69) is 15.5 Å². The van der Waals surface area contributed by atoms with Crippen molar-refractivity contribution in [1.29, 1.82) is 0 Å². The molecule has 1 aromatic carbocycles. The Morgan fingerprint density at radius 1 is 1.45 bits per heavy atom. The standard InChI is InChI=1S/C13H13FN4O2/c1-8-4-2-5-9(10(8)14)11-15-16-17-18(11)13(12(19)20)6-3-7-13/h2,4-5H,3,6-7H2,1H3,(H,19,20). The van der Waals surface area contributed by atoms with Gasteiger partial charge in [0.2, 0.25) is 0 Å². The first-order valence-electron chi connectivity index (χ1n) is 6.34. The summed E-state index contributed by atoms with van der Waals surface area (Å²) in [5.74, 6) is -1.25. The van der Waals surface area contributed by atoms with Crippen LogP contribution in [0.15, 0.2) is 18.2 Å². The lowest BCUT2D eigenvalue weighted by molar-refractivity contribution is -0.153. The van der Waals surface area contributed by atoms with Gasteiger partial charge >= 0.3 is 5.97 Å². The summed E-state index contributed by atoms with van der Waals surface area (Å²) in [4.78, 5) is 11.5. The van der Waals surface area contributed by atoms with Crippen LogP contribution in [0.5, 0.6) is 0 Å². The average Bonchev–Trinajstić information content (AvgIpc) is 2.80. The van der Waals surface area contributed by atoms with Crippen LogP contribution in [-0.4, -0.2) is 31.3 Å². The van der Waals surface area contributed by atoms with E-state index in [9.17, 15) is 14.3 Å². The summed E-state index contributed by atoms with van der Waals surface area (Å²) in [7, 11) is 0. The van der Waals surface area contributed by atoms with Gasteiger partial charge in [-0.1, -0.05) is 12.1 Å². The molecule has 0 aliphatic heterocycles. The van der Waals surface area contributed by atoms with Crippen molar-refractivity contribution in [3.05, 3.63) is 29.6 Å². The molecule has 0 unspecified atom stereocenters. The maximum Gasteiger partial charge on any atom is 0.331 e. The van der Waals surface area contributed by atoms with Crippen LogP contribution in [-0.2, 0) is 10.3 Å². The zero-order chi connectivity index (χ0) is 14.3. The molecule has 1 aliphatic carbocycles. The second-order valence-corrected chi connectivity index (χ2v) is 5.04. The van der Waals surface area contributed by atoms with Crippen molar-refractivity contribution in [1.82, 2.24) is 20.2 Å². The molecular weight excluding hydrogens is 263 g/mol. The lowest BCUT2D eigenvalue weighted by atomic mass is 9.76. The van der Waals surface area contributed by atoms with Crippen LogP contribution in [0.3, 0.4) is 0 Å². The number of halogens is 1. The number of rotatable bonds is 3. The molecule has 1 aromatic heterocycles. The van der Waals surface area contributed by atoms with Crippen LogP contribution in [0.25, 0.3) is 11.4 Å². The molecule has 7 heteroatoms. The Balaban J connectivity index is 2.16. The maximum absolute atomic E-state index is 14.2. The van der Waals surface area contributed by atoms with E-state index >= 15 is 0 Å². The lowest BCUT2D eigenvalue weighted by Gasteiger charge is -2.37. The lowest BCUT2D eigenvalue weighted by Crippen LogP contribution is -2.48. The summed E-state index contributed by atoms with van der Waals surface area (Å²) in [6.07, 6.45) is 1.70. The number of tetrazole rings is 1. The molecule has 3 rings (SSSR count). The van der Waals surface area contributed by atoms with Gasteiger partial charge in [-0.15, -0.1) is 5.10 Å². The van der Waals surface area contributed by atoms with E-state index in [1.165, 1.54) is 4.68 Å². The Hall–Kier alpha value is -2.31. The van der Waals surface area contributed by atoms with Crippen molar-refractivity contribution in [2.24, 2.45) is 0 Å². The Morgan fingerprint density at radius 2 is 2.20 bits per heavy atom. The molecule has 0 bridgehead atoms. The number of carboxylic acid groups (broad SMARTS) is 1. The summed E-state index contributed by atoms with van der Waals surface area (Å²) < 4.78 is 15.4. The van der Waals surface area contributed by atoms with E-state index in [1.54, 1.807) is 25.1 Å². The summed E-state index contributed by atoms with van der Waals surface area (Å²) in [5, 5.41) is 20.6. The van der Waals surface area contributed by atoms with Crippen molar-refractivity contribution in [3.63, 3.8) is 0 Å². The highest BCUT2D eigenvalue weighted by molar-refractivity contribution is 5.78. The number of carbonyl (C=O) groups is 1. The Bertz CT molecular complexity index is 679. The molecule has 0 spiro atoms. The molecule has 6 nitrogen and oxygen atoms in total. The highest BCUT2D eigenvalue weighted by Crippen LogP contribution is 2.41. The van der Waals surface area contributed by atoms with Crippen molar-refractivity contribution < 1.29 is 14.3 Å². The van der Waals surface area contributed by atoms with Crippen molar-refractivity contribution in [3.8, 4) is 11.4 Å². The largest absolute Gasteiger partial charge is 0.479 e. The molecule has 0 radical (unpaired) electrons. The molecule has 20 heavy (non-hydrogen) atoms. The third kappa shape index (κ3) is 1.62. The number of aliphatic carboxylic acids is 1. The van der Waals surface area contributed by atoms with Crippen LogP contribution in [0.2, 0.25) is 0 Å². The molecule has 1 fully saturated rings. The van der Waals surface area contributed by atoms with Crippen molar-refractivity contribution >= 4 is 5.97 Å². The molecule has 1 aliphatic rings. The number of benzene rings is 1. The minimum atomic E-state index is -1.14. The molecule has 104 valence electrons. The average molecular weight is 276 g/mol. The number of aromatic nitrogens is 4. The topological polar surface area (TPSA) is 80.9 Å². The van der Waals surface area contributed by atoms with E-state index in [-0.39, 0.29) is 11.4 Å². The maximum atomic E-state index is 14.2. The monoisotopic (exact) mass is 276 g/mol. The Kier molecular flexibility index (Phi) is 2.77. The second-order valence-electron chi connectivity index (χ2n) is 5.04. The molecular formula is C13H13FN4O2. The van der Waals surface area contributed by atoms with Crippen molar-refractivity contribution in [2.75, 3.05) is 0 Å². The summed E-state index contributed by atoms with van der Waals surface area (Å²) >= 11 is 0. The Labute approximate surface area is 114 Å². The van der Waals surface area contributed by atoms with Gasteiger partial charge in [-0.25, -0.2) is 13.9 Å². The first kappa shape index (κ1) is 12.7. The summed E-state index contributed by atoms with van der Waals surface area (Å²) in [5.41, 5.74) is -0.452. The molecule has 1 N–H and O–H groups in total. The number of aryl methyl sites for hydroxylation is 1. The first-order chi connectivity index (χ1) is 9.56. The van der Waals surface area contributed by atoms with E-state index < -0.39 is 17.3 Å². The van der Waals surface area contributed by atoms with Crippen molar-refractivity contribution in [2.45, 2.75) is 31.7 Å². The minimum Gasteiger partial charge on any atom is -0.479 e. The van der Waals surface area contributed by atoms with Gasteiger partial charge in [0, 0.05) is 0 Å². The Morgan fingerprint density at radius 3 is 2.80 bits per heavy atom. The molecule has 2 aromatic rings. The van der Waals surface area contributed by atoms with Gasteiger partial charge < -0.3 is 5.11 Å². The third-order valence-electron chi connectivity index (χ3n) is 3.89. The van der Waals surface area contributed by atoms with Gasteiger partial charge in [0.05, 0.1) is 5.56 Å². The molecule has 0 atom stereocenters. The van der Waals surface area contributed by atoms with E-state index in [4.69, 9.17) is 0 Å². The molecule has 1 saturated carbocycles. The van der Waals surface area contributed by atoms with Gasteiger partial charge in [0.25, 0.3) is 0 Å². The van der Waals surface area contributed by atoms with Gasteiger partial charge in [0.1, 0.15) is 5.82 Å². The fourth-order valence-corrected chi connectivity index (χ4v) is 2.49. The van der Waals surface area contributed by atoms with Crippen LogP contribution < -0.4 is 0 Å². The zero-order valence-corrected chi connectivity index (χ0v) is 10.9.